The summed E-state index contributed by atoms with van der Waals surface area (Å²) in [4.78, 5) is 0. The molecule has 0 bridgehead atoms. The van der Waals surface area contributed by atoms with E-state index in [-0.39, 0.29) is 0 Å². The summed E-state index contributed by atoms with van der Waals surface area (Å²) >= 11 is 0. The average Bonchev–Trinajstić information content (AvgIpc) is 2.32. The van der Waals surface area contributed by atoms with Crippen LogP contribution in [0.15, 0.2) is 30.3 Å². The molecule has 0 heterocycles. The second-order valence-electron chi connectivity index (χ2n) is 5.36. The Morgan fingerprint density at radius 3 is 2.62 bits per heavy atom. The van der Waals surface area contributed by atoms with Crippen LogP contribution in [0.4, 0.5) is 0 Å². The fourth-order valence-electron chi connectivity index (χ4n) is 2.86. The quantitative estimate of drug-likeness (QED) is 0.803. The van der Waals surface area contributed by atoms with Crippen LogP contribution < -0.4 is 5.32 Å². The van der Waals surface area contributed by atoms with E-state index in [4.69, 9.17) is 0 Å². The Balaban J connectivity index is 1.85. The van der Waals surface area contributed by atoms with Crippen molar-refractivity contribution < 1.29 is 5.32 Å². The standard InChI is InChI=1S/C15H23N/c1-12-7-6-10-15(13(12)2)16-11-14-8-4-3-5-9-14/h3-5,8-9,12-13,15-16H,6-7,10-11H2,1-2H3/p+1/t12-,13+,15-/m0/s1. The molecule has 1 aliphatic rings. The molecule has 0 radical (unpaired) electrons. The van der Waals surface area contributed by atoms with Crippen LogP contribution in [0.3, 0.4) is 0 Å². The third-order valence-corrected chi connectivity index (χ3v) is 4.27. The van der Waals surface area contributed by atoms with Gasteiger partial charge in [-0.15, -0.1) is 0 Å². The molecule has 88 valence electrons. The summed E-state index contributed by atoms with van der Waals surface area (Å²) in [7, 11) is 0. The van der Waals surface area contributed by atoms with Gasteiger partial charge in [-0.1, -0.05) is 44.2 Å². The lowest BCUT2D eigenvalue weighted by Crippen LogP contribution is -2.90. The van der Waals surface area contributed by atoms with Crippen LogP contribution in [0.2, 0.25) is 0 Å². The zero-order valence-electron chi connectivity index (χ0n) is 10.5. The summed E-state index contributed by atoms with van der Waals surface area (Å²) in [6.07, 6.45) is 4.25. The SMILES string of the molecule is C[C@H]1[C@@H]([NH2+]Cc2ccccc2)CCC[C@@H]1C. The Kier molecular flexibility index (Phi) is 4.00. The topological polar surface area (TPSA) is 16.6 Å². The minimum Gasteiger partial charge on any atom is -0.340 e. The van der Waals surface area contributed by atoms with Crippen LogP contribution in [0, 0.1) is 11.8 Å². The van der Waals surface area contributed by atoms with Crippen molar-refractivity contribution in [3.8, 4) is 0 Å². The number of quaternary nitrogens is 1. The molecule has 0 aliphatic heterocycles. The van der Waals surface area contributed by atoms with Gasteiger partial charge < -0.3 is 5.32 Å². The lowest BCUT2D eigenvalue weighted by molar-refractivity contribution is -0.713. The second-order valence-corrected chi connectivity index (χ2v) is 5.36. The van der Waals surface area contributed by atoms with E-state index in [2.05, 4.69) is 49.5 Å². The van der Waals surface area contributed by atoms with Crippen molar-refractivity contribution in [2.45, 2.75) is 45.7 Å². The maximum atomic E-state index is 2.55. The summed E-state index contributed by atoms with van der Waals surface area (Å²) in [6, 6.07) is 11.7. The van der Waals surface area contributed by atoms with Gasteiger partial charge in [0.15, 0.2) is 0 Å². The fourth-order valence-corrected chi connectivity index (χ4v) is 2.86. The maximum absolute atomic E-state index is 2.55. The van der Waals surface area contributed by atoms with Crippen molar-refractivity contribution in [3.05, 3.63) is 35.9 Å². The Morgan fingerprint density at radius 1 is 1.12 bits per heavy atom. The minimum atomic E-state index is 0.837. The fraction of sp³-hybridized carbons (Fsp3) is 0.600. The highest BCUT2D eigenvalue weighted by Crippen LogP contribution is 2.27. The lowest BCUT2D eigenvalue weighted by atomic mass is 9.78. The van der Waals surface area contributed by atoms with Gasteiger partial charge in [0, 0.05) is 11.5 Å². The van der Waals surface area contributed by atoms with E-state index >= 15 is 0 Å². The Labute approximate surface area is 99.3 Å². The van der Waals surface area contributed by atoms with Gasteiger partial charge in [-0.2, -0.15) is 0 Å². The number of hydrogen-bond donors (Lipinski definition) is 1. The van der Waals surface area contributed by atoms with Crippen molar-refractivity contribution in [1.29, 1.82) is 0 Å². The van der Waals surface area contributed by atoms with E-state index in [1.54, 1.807) is 0 Å². The average molecular weight is 218 g/mol. The van der Waals surface area contributed by atoms with Crippen LogP contribution >= 0.6 is 0 Å². The lowest BCUT2D eigenvalue weighted by Gasteiger charge is -2.32. The summed E-state index contributed by atoms with van der Waals surface area (Å²) in [5, 5.41) is 2.55. The number of nitrogens with two attached hydrogens (primary N) is 1. The van der Waals surface area contributed by atoms with E-state index < -0.39 is 0 Å². The molecule has 1 aliphatic carbocycles. The van der Waals surface area contributed by atoms with Crippen molar-refractivity contribution in [2.24, 2.45) is 11.8 Å². The highest BCUT2D eigenvalue weighted by molar-refractivity contribution is 5.13. The summed E-state index contributed by atoms with van der Waals surface area (Å²) in [5.41, 5.74) is 1.45. The first kappa shape index (κ1) is 11.7. The highest BCUT2D eigenvalue weighted by Gasteiger charge is 2.29. The predicted octanol–water partition coefficient (Wildman–Crippen LogP) is 2.57. The largest absolute Gasteiger partial charge is 0.340 e. The monoisotopic (exact) mass is 218 g/mol. The molecule has 1 heteroatoms. The molecule has 0 amide bonds. The third kappa shape index (κ3) is 2.85. The van der Waals surface area contributed by atoms with Crippen LogP contribution in [0.5, 0.6) is 0 Å². The maximum Gasteiger partial charge on any atom is 0.101 e. The van der Waals surface area contributed by atoms with E-state index in [1.165, 1.54) is 24.8 Å². The molecule has 2 N–H and O–H groups in total. The Morgan fingerprint density at radius 2 is 1.88 bits per heavy atom. The first-order valence-electron chi connectivity index (χ1n) is 6.64. The van der Waals surface area contributed by atoms with Crippen molar-refractivity contribution >= 4 is 0 Å². The van der Waals surface area contributed by atoms with Gasteiger partial charge in [-0.3, -0.25) is 0 Å². The van der Waals surface area contributed by atoms with E-state index in [0.717, 1.165) is 24.4 Å². The minimum absolute atomic E-state index is 0.837. The van der Waals surface area contributed by atoms with Gasteiger partial charge in [-0.25, -0.2) is 0 Å². The molecule has 0 saturated heterocycles. The molecule has 1 saturated carbocycles. The molecule has 0 aromatic heterocycles. The molecule has 3 atom stereocenters. The Bertz CT molecular complexity index is 306. The van der Waals surface area contributed by atoms with Gasteiger partial charge in [0.25, 0.3) is 0 Å². The molecule has 1 aromatic rings. The molecule has 1 aromatic carbocycles. The number of rotatable bonds is 3. The van der Waals surface area contributed by atoms with Gasteiger partial charge in [0.05, 0.1) is 6.04 Å². The normalized spacial score (nSPS) is 30.2. The first-order valence-corrected chi connectivity index (χ1v) is 6.64. The van der Waals surface area contributed by atoms with Gasteiger partial charge >= 0.3 is 0 Å². The summed E-state index contributed by atoms with van der Waals surface area (Å²) < 4.78 is 0. The zero-order valence-corrected chi connectivity index (χ0v) is 10.5. The van der Waals surface area contributed by atoms with E-state index in [1.807, 2.05) is 0 Å². The molecule has 1 nitrogen and oxygen atoms in total. The van der Waals surface area contributed by atoms with Gasteiger partial charge in [0.1, 0.15) is 6.54 Å². The number of hydrogen-bond acceptors (Lipinski definition) is 0. The van der Waals surface area contributed by atoms with Gasteiger partial charge in [0.2, 0.25) is 0 Å². The molecular formula is C15H24N+. The Hall–Kier alpha value is -0.820. The van der Waals surface area contributed by atoms with E-state index in [0.29, 0.717) is 0 Å². The van der Waals surface area contributed by atoms with Crippen molar-refractivity contribution in [3.63, 3.8) is 0 Å². The molecule has 2 rings (SSSR count). The zero-order chi connectivity index (χ0) is 11.4. The molecule has 1 fully saturated rings. The van der Waals surface area contributed by atoms with Gasteiger partial charge in [-0.05, 0) is 25.2 Å². The molecule has 16 heavy (non-hydrogen) atoms. The highest BCUT2D eigenvalue weighted by atomic mass is 14.9. The van der Waals surface area contributed by atoms with Crippen molar-refractivity contribution in [2.75, 3.05) is 0 Å². The second kappa shape index (κ2) is 5.49. The van der Waals surface area contributed by atoms with Crippen LogP contribution in [0.25, 0.3) is 0 Å². The van der Waals surface area contributed by atoms with Crippen LogP contribution in [-0.4, -0.2) is 6.04 Å². The molecule has 0 spiro atoms. The molecular weight excluding hydrogens is 194 g/mol. The van der Waals surface area contributed by atoms with Crippen LogP contribution in [0.1, 0.15) is 38.7 Å². The first-order chi connectivity index (χ1) is 7.77. The smallest absolute Gasteiger partial charge is 0.101 e. The summed E-state index contributed by atoms with van der Waals surface area (Å²) in [6.45, 7) is 5.98. The molecule has 0 unspecified atom stereocenters. The van der Waals surface area contributed by atoms with Crippen molar-refractivity contribution in [1.82, 2.24) is 0 Å². The predicted molar refractivity (Wildman–Crippen MR) is 68.0 cm³/mol. The third-order valence-electron chi connectivity index (χ3n) is 4.27. The summed E-state index contributed by atoms with van der Waals surface area (Å²) in [5.74, 6) is 1.78. The number of benzene rings is 1. The van der Waals surface area contributed by atoms with E-state index in [9.17, 15) is 0 Å². The van der Waals surface area contributed by atoms with Crippen LogP contribution in [-0.2, 0) is 6.54 Å².